The number of hydrogen-bond donors (Lipinski definition) is 0. The zero-order valence-electron chi connectivity index (χ0n) is 47.8. The number of hydrogen-bond acceptors (Lipinski definition) is 4. The molecule has 5 heteroatoms. The van der Waals surface area contributed by atoms with Gasteiger partial charge in [0.15, 0.2) is 0 Å². The molecule has 3 heterocycles. The maximum absolute atomic E-state index is 7.24. The minimum absolute atomic E-state index is 0.0325. The zero-order valence-corrected chi connectivity index (χ0v) is 47.8. The van der Waals surface area contributed by atoms with Crippen molar-refractivity contribution in [3.63, 3.8) is 0 Å². The van der Waals surface area contributed by atoms with E-state index in [0.29, 0.717) is 12.6 Å². The van der Waals surface area contributed by atoms with E-state index in [1.54, 1.807) is 0 Å². The molecule has 0 atom stereocenters. The molecule has 1 aliphatic heterocycles. The van der Waals surface area contributed by atoms with E-state index in [1.165, 1.54) is 61.4 Å². The summed E-state index contributed by atoms with van der Waals surface area (Å²) >= 11 is 0. The number of benzene rings is 7. The minimum atomic E-state index is -0.272. The Bertz CT molecular complexity index is 3560. The summed E-state index contributed by atoms with van der Waals surface area (Å²) in [5, 5.41) is 2.34. The number of para-hydroxylation sites is 1. The molecule has 9 aromatic rings. The van der Waals surface area contributed by atoms with Crippen molar-refractivity contribution in [2.24, 2.45) is 10.8 Å². The molecule has 0 N–H and O–H groups in total. The van der Waals surface area contributed by atoms with Crippen molar-refractivity contribution in [1.29, 1.82) is 0 Å². The van der Waals surface area contributed by atoms with Crippen LogP contribution in [0.2, 0.25) is 0 Å². The van der Waals surface area contributed by atoms with Crippen molar-refractivity contribution >= 4 is 33.2 Å². The van der Waals surface area contributed by atoms with Crippen LogP contribution in [0.4, 0.5) is 11.4 Å². The van der Waals surface area contributed by atoms with Crippen molar-refractivity contribution in [1.82, 2.24) is 9.55 Å². The molecule has 0 amide bonds. The molecule has 0 saturated carbocycles. The first-order valence-corrected chi connectivity index (χ1v) is 27.4. The molecule has 5 nitrogen and oxygen atoms in total. The Labute approximate surface area is 453 Å². The van der Waals surface area contributed by atoms with Crippen molar-refractivity contribution < 1.29 is 4.74 Å². The number of nitrogens with zero attached hydrogens (tertiary/aromatic N) is 4. The van der Waals surface area contributed by atoms with E-state index in [-0.39, 0.29) is 27.1 Å². The van der Waals surface area contributed by atoms with E-state index in [1.807, 2.05) is 6.20 Å². The number of aromatic nitrogens is 2. The highest BCUT2D eigenvalue weighted by molar-refractivity contribution is 6.09. The van der Waals surface area contributed by atoms with E-state index in [4.69, 9.17) is 9.72 Å². The van der Waals surface area contributed by atoms with Crippen molar-refractivity contribution in [2.45, 2.75) is 126 Å². The lowest BCUT2D eigenvalue weighted by atomic mass is 9.73. The third-order valence-electron chi connectivity index (χ3n) is 15.9. The van der Waals surface area contributed by atoms with E-state index in [0.717, 1.165) is 45.0 Å². The number of anilines is 2. The van der Waals surface area contributed by atoms with Gasteiger partial charge >= 0.3 is 0 Å². The standard InChI is InChI=1S/C71H78N4O/c1-47(2)58-30-22-23-31-59(58)48-38-54(44-57(39-48)76-56-34-35-61-60-32-24-25-33-62(60)75(63(61)45-56)64-43-51(36-37-72-64)67(3,4)5)73-46-74(66(69(9,10)11)65(73)68(6,7)8)55-41-52(70(12,13)49-26-18-16-19-27-49)40-53(42-55)71(14,15)50-28-20-17-21-29-50/h16-45,47H,46H2,1-15H3. The number of rotatable bonds is 11. The minimum Gasteiger partial charge on any atom is -0.457 e. The van der Waals surface area contributed by atoms with Crippen molar-refractivity contribution in [2.75, 3.05) is 16.5 Å². The highest BCUT2D eigenvalue weighted by Gasteiger charge is 2.43. The molecular weight excluding hydrogens is 925 g/mol. The normalized spacial score (nSPS) is 13.9. The van der Waals surface area contributed by atoms with Crippen LogP contribution in [0.5, 0.6) is 11.5 Å². The average Bonchev–Trinajstić information content (AvgIpc) is 4.02. The second-order valence-corrected chi connectivity index (χ2v) is 25.7. The fourth-order valence-corrected chi connectivity index (χ4v) is 11.6. The van der Waals surface area contributed by atoms with Gasteiger partial charge in [0.05, 0.1) is 17.7 Å². The van der Waals surface area contributed by atoms with E-state index in [9.17, 15) is 0 Å². The van der Waals surface area contributed by atoms with Crippen LogP contribution in [0.1, 0.15) is 143 Å². The highest BCUT2D eigenvalue weighted by Crippen LogP contribution is 2.51. The number of fused-ring (bicyclic) bond motifs is 3. The van der Waals surface area contributed by atoms with Crippen molar-refractivity contribution in [3.05, 3.63) is 227 Å². The summed E-state index contributed by atoms with van der Waals surface area (Å²) in [6, 6.07) is 64.7. The molecule has 1 aliphatic rings. The largest absolute Gasteiger partial charge is 0.457 e. The molecule has 76 heavy (non-hydrogen) atoms. The van der Waals surface area contributed by atoms with E-state index >= 15 is 0 Å². The lowest BCUT2D eigenvalue weighted by molar-refractivity contribution is 0.444. The molecule has 0 aliphatic carbocycles. The van der Waals surface area contributed by atoms with Gasteiger partial charge in [-0.25, -0.2) is 4.98 Å². The van der Waals surface area contributed by atoms with Crippen LogP contribution in [0, 0.1) is 10.8 Å². The Hall–Kier alpha value is -7.37. The average molecular weight is 1000 g/mol. The molecule has 0 bridgehead atoms. The van der Waals surface area contributed by atoms with Crippen LogP contribution >= 0.6 is 0 Å². The predicted molar refractivity (Wildman–Crippen MR) is 323 cm³/mol. The summed E-state index contributed by atoms with van der Waals surface area (Å²) in [4.78, 5) is 10.2. The predicted octanol–water partition coefficient (Wildman–Crippen LogP) is 19.3. The molecule has 10 rings (SSSR count). The molecule has 388 valence electrons. The first kappa shape index (κ1) is 52.1. The van der Waals surface area contributed by atoms with Gasteiger partial charge in [-0.3, -0.25) is 4.57 Å². The topological polar surface area (TPSA) is 33.5 Å². The van der Waals surface area contributed by atoms with Crippen LogP contribution in [-0.4, -0.2) is 16.2 Å². The van der Waals surface area contributed by atoms with Gasteiger partial charge in [0, 0.05) is 73.5 Å². The van der Waals surface area contributed by atoms with Gasteiger partial charge in [-0.15, -0.1) is 0 Å². The number of ether oxygens (including phenoxy) is 1. The van der Waals surface area contributed by atoms with Gasteiger partial charge in [0.2, 0.25) is 0 Å². The third-order valence-corrected chi connectivity index (χ3v) is 15.9. The Balaban J connectivity index is 1.16. The summed E-state index contributed by atoms with van der Waals surface area (Å²) in [7, 11) is 0. The van der Waals surface area contributed by atoms with Crippen molar-refractivity contribution in [3.8, 4) is 28.4 Å². The fraction of sp³-hybridized carbons (Fsp3) is 0.310. The Morgan fingerprint density at radius 1 is 0.434 bits per heavy atom. The van der Waals surface area contributed by atoms with Crippen LogP contribution < -0.4 is 14.5 Å². The molecule has 2 aromatic heterocycles. The zero-order chi connectivity index (χ0) is 54.1. The van der Waals surface area contributed by atoms with Gasteiger partial charge < -0.3 is 14.5 Å². The maximum atomic E-state index is 7.24. The van der Waals surface area contributed by atoms with E-state index < -0.39 is 0 Å². The molecular formula is C71H78N4O. The second kappa shape index (κ2) is 19.3. The molecule has 0 spiro atoms. The monoisotopic (exact) mass is 1000 g/mol. The summed E-state index contributed by atoms with van der Waals surface area (Å²) in [6.45, 7) is 35.7. The molecule has 7 aromatic carbocycles. The Kier molecular flexibility index (Phi) is 13.2. The van der Waals surface area contributed by atoms with Crippen LogP contribution in [0.15, 0.2) is 194 Å². The lowest BCUT2D eigenvalue weighted by Gasteiger charge is -2.36. The Morgan fingerprint density at radius 2 is 0.974 bits per heavy atom. The van der Waals surface area contributed by atoms with Gasteiger partial charge in [-0.2, -0.15) is 0 Å². The quantitative estimate of drug-likeness (QED) is 0.129. The maximum Gasteiger partial charge on any atom is 0.137 e. The molecule has 0 radical (unpaired) electrons. The second-order valence-electron chi connectivity index (χ2n) is 25.7. The summed E-state index contributed by atoms with van der Waals surface area (Å²) in [5.74, 6) is 2.76. The van der Waals surface area contributed by atoms with E-state index in [2.05, 4.69) is 294 Å². The summed E-state index contributed by atoms with van der Waals surface area (Å²) < 4.78 is 9.54. The smallest absolute Gasteiger partial charge is 0.137 e. The summed E-state index contributed by atoms with van der Waals surface area (Å²) in [5.41, 5.74) is 16.0. The third kappa shape index (κ3) is 9.74. The van der Waals surface area contributed by atoms with Gasteiger partial charge in [0.1, 0.15) is 17.3 Å². The van der Waals surface area contributed by atoms with Gasteiger partial charge in [0.25, 0.3) is 0 Å². The molecule has 0 fully saturated rings. The first-order chi connectivity index (χ1) is 35.9. The molecule has 0 unspecified atom stereocenters. The van der Waals surface area contributed by atoms with Gasteiger partial charge in [-0.1, -0.05) is 213 Å². The lowest BCUT2D eigenvalue weighted by Crippen LogP contribution is -2.32. The molecule has 0 saturated heterocycles. The first-order valence-electron chi connectivity index (χ1n) is 27.4. The van der Waals surface area contributed by atoms with Gasteiger partial charge in [-0.05, 0) is 110 Å². The highest BCUT2D eigenvalue weighted by atomic mass is 16.5. The van der Waals surface area contributed by atoms with Crippen LogP contribution in [0.3, 0.4) is 0 Å². The fourth-order valence-electron chi connectivity index (χ4n) is 11.6. The summed E-state index contributed by atoms with van der Waals surface area (Å²) in [6.07, 6.45) is 1.94. The number of allylic oxidation sites excluding steroid dienone is 2. The Morgan fingerprint density at radius 3 is 1.55 bits per heavy atom. The van der Waals surface area contributed by atoms with Crippen LogP contribution in [-0.2, 0) is 16.2 Å². The number of pyridine rings is 1. The SMILES string of the molecule is CC(C)c1ccccc1-c1cc(Oc2ccc3c4ccccc4n(-c4cc(C(C)(C)C)ccn4)c3c2)cc(N2CN(c3cc(C(C)(C)c4ccccc4)cc(C(C)(C)c4ccccc4)c3)C(C(C)(C)C)=C2C(C)(C)C)c1. The van der Waals surface area contributed by atoms with Crippen LogP contribution in [0.25, 0.3) is 38.8 Å².